The Kier molecular flexibility index (Phi) is 4.42. The topological polar surface area (TPSA) is 59.3 Å². The molecule has 0 saturated heterocycles. The number of nitrogens with zero attached hydrogens (tertiary/aromatic N) is 3. The summed E-state index contributed by atoms with van der Waals surface area (Å²) in [6.07, 6.45) is 1.84. The van der Waals surface area contributed by atoms with Gasteiger partial charge in [0, 0.05) is 28.1 Å². The predicted octanol–water partition coefficient (Wildman–Crippen LogP) is 5.58. The van der Waals surface area contributed by atoms with E-state index in [9.17, 15) is 9.18 Å². The van der Waals surface area contributed by atoms with Gasteiger partial charge in [-0.25, -0.2) is 14.4 Å². The maximum Gasteiger partial charge on any atom is 0.285 e. The van der Waals surface area contributed by atoms with E-state index in [1.165, 1.54) is 34.8 Å². The molecule has 0 aliphatic carbocycles. The van der Waals surface area contributed by atoms with Gasteiger partial charge in [-0.05, 0) is 24.3 Å². The predicted molar refractivity (Wildman–Crippen MR) is 114 cm³/mol. The molecule has 8 heteroatoms. The Morgan fingerprint density at radius 2 is 1.76 bits per heavy atom. The Hall–Kier alpha value is -3.36. The number of imidazole rings is 1. The summed E-state index contributed by atoms with van der Waals surface area (Å²) < 4.78 is 15.1. The second-order valence-corrected chi connectivity index (χ2v) is 7.96. The van der Waals surface area contributed by atoms with Crippen LogP contribution >= 0.6 is 22.7 Å². The van der Waals surface area contributed by atoms with Gasteiger partial charge in [0.15, 0.2) is 9.97 Å². The van der Waals surface area contributed by atoms with Crippen LogP contribution in [0.4, 0.5) is 10.2 Å². The summed E-state index contributed by atoms with van der Waals surface area (Å²) in [5.41, 5.74) is 3.03. The normalized spacial score (nSPS) is 11.1. The second-order valence-electron chi connectivity index (χ2n) is 6.23. The van der Waals surface area contributed by atoms with E-state index in [0.717, 1.165) is 21.8 Å². The lowest BCUT2D eigenvalue weighted by Crippen LogP contribution is -2.13. The lowest BCUT2D eigenvalue weighted by atomic mass is 10.1. The number of rotatable bonds is 4. The zero-order valence-electron chi connectivity index (χ0n) is 14.9. The van der Waals surface area contributed by atoms with Gasteiger partial charge < -0.3 is 5.32 Å². The quantitative estimate of drug-likeness (QED) is 0.413. The Morgan fingerprint density at radius 3 is 2.55 bits per heavy atom. The van der Waals surface area contributed by atoms with Crippen molar-refractivity contribution in [3.63, 3.8) is 0 Å². The molecule has 0 fully saturated rings. The summed E-state index contributed by atoms with van der Waals surface area (Å²) in [5, 5.41) is 7.05. The van der Waals surface area contributed by atoms with E-state index in [2.05, 4.69) is 15.3 Å². The highest BCUT2D eigenvalue weighted by molar-refractivity contribution is 7.15. The van der Waals surface area contributed by atoms with Crippen molar-refractivity contribution in [3.8, 4) is 22.5 Å². The molecule has 0 aliphatic heterocycles. The largest absolute Gasteiger partial charge is 0.304 e. The number of carbonyl (C=O) groups is 1. The van der Waals surface area contributed by atoms with Gasteiger partial charge in [0.25, 0.3) is 5.91 Å². The zero-order chi connectivity index (χ0) is 19.8. The third kappa shape index (κ3) is 3.32. The minimum Gasteiger partial charge on any atom is -0.304 e. The van der Waals surface area contributed by atoms with Gasteiger partial charge in [-0.2, -0.15) is 0 Å². The molecule has 1 amide bonds. The summed E-state index contributed by atoms with van der Waals surface area (Å²) in [4.78, 5) is 22.7. The van der Waals surface area contributed by atoms with Crippen LogP contribution in [0.2, 0.25) is 0 Å². The monoisotopic (exact) mass is 420 g/mol. The number of hydrogen-bond donors (Lipinski definition) is 1. The van der Waals surface area contributed by atoms with Crippen molar-refractivity contribution in [3.05, 3.63) is 82.4 Å². The molecule has 142 valence electrons. The number of benzene rings is 2. The zero-order valence-corrected chi connectivity index (χ0v) is 16.5. The first kappa shape index (κ1) is 17.7. The summed E-state index contributed by atoms with van der Waals surface area (Å²) in [5.74, 6) is -0.0977. The van der Waals surface area contributed by atoms with Crippen LogP contribution in [-0.2, 0) is 0 Å². The number of anilines is 1. The number of nitrogens with one attached hydrogen (secondary N) is 1. The highest BCUT2D eigenvalue weighted by Crippen LogP contribution is 2.31. The molecule has 0 radical (unpaired) electrons. The molecule has 0 aliphatic rings. The molecule has 3 heterocycles. The lowest BCUT2D eigenvalue weighted by molar-refractivity contribution is 0.102. The van der Waals surface area contributed by atoms with E-state index in [1.54, 1.807) is 12.1 Å². The van der Waals surface area contributed by atoms with Crippen molar-refractivity contribution in [2.75, 3.05) is 5.32 Å². The van der Waals surface area contributed by atoms with Crippen LogP contribution < -0.4 is 5.32 Å². The minimum atomic E-state index is -0.323. The Bertz CT molecular complexity index is 1310. The Morgan fingerprint density at radius 1 is 0.966 bits per heavy atom. The first-order valence-corrected chi connectivity index (χ1v) is 10.5. The van der Waals surface area contributed by atoms with Crippen molar-refractivity contribution in [1.29, 1.82) is 0 Å². The van der Waals surface area contributed by atoms with Crippen LogP contribution in [-0.4, -0.2) is 20.3 Å². The fourth-order valence-electron chi connectivity index (χ4n) is 2.99. The van der Waals surface area contributed by atoms with Crippen LogP contribution in [0.1, 0.15) is 9.80 Å². The van der Waals surface area contributed by atoms with Crippen molar-refractivity contribution in [2.24, 2.45) is 0 Å². The summed E-state index contributed by atoms with van der Waals surface area (Å²) in [6.45, 7) is 0. The number of aromatic nitrogens is 3. The molecule has 0 bridgehead atoms. The molecule has 29 heavy (non-hydrogen) atoms. The number of amides is 1. The average molecular weight is 420 g/mol. The summed E-state index contributed by atoms with van der Waals surface area (Å²) in [7, 11) is 0. The first-order valence-electron chi connectivity index (χ1n) is 8.73. The number of fused-ring (bicyclic) bond motifs is 1. The van der Waals surface area contributed by atoms with E-state index in [1.807, 2.05) is 51.7 Å². The molecule has 0 unspecified atom stereocenters. The molecule has 5 rings (SSSR count). The fraction of sp³-hybridized carbons (Fsp3) is 0. The van der Waals surface area contributed by atoms with Gasteiger partial charge in [-0.15, -0.1) is 22.7 Å². The molecular weight excluding hydrogens is 407 g/mol. The molecule has 0 spiro atoms. The lowest BCUT2D eigenvalue weighted by Gasteiger charge is -2.05. The van der Waals surface area contributed by atoms with Gasteiger partial charge in [0.05, 0.1) is 5.69 Å². The number of thiazole rings is 2. The SMILES string of the molecule is O=C(Nc1c(-c2ccc(F)cc2)nc2sccn12)c1nc(-c2ccccc2)cs1. The summed E-state index contributed by atoms with van der Waals surface area (Å²) >= 11 is 2.74. The number of carbonyl (C=O) groups excluding carboxylic acids is 1. The smallest absolute Gasteiger partial charge is 0.285 e. The molecule has 0 atom stereocenters. The Balaban J connectivity index is 1.49. The van der Waals surface area contributed by atoms with E-state index in [0.29, 0.717) is 16.5 Å². The third-order valence-corrected chi connectivity index (χ3v) is 5.98. The maximum absolute atomic E-state index is 13.3. The van der Waals surface area contributed by atoms with E-state index < -0.39 is 0 Å². The van der Waals surface area contributed by atoms with Crippen molar-refractivity contribution < 1.29 is 9.18 Å². The average Bonchev–Trinajstić information content (AvgIpc) is 3.47. The van der Waals surface area contributed by atoms with Crippen molar-refractivity contribution in [1.82, 2.24) is 14.4 Å². The third-order valence-electron chi connectivity index (χ3n) is 4.38. The molecular formula is C21H13FN4OS2. The van der Waals surface area contributed by atoms with Gasteiger partial charge in [0.1, 0.15) is 17.3 Å². The molecule has 5 nitrogen and oxygen atoms in total. The highest BCUT2D eigenvalue weighted by atomic mass is 32.1. The van der Waals surface area contributed by atoms with Crippen LogP contribution in [0.3, 0.4) is 0 Å². The van der Waals surface area contributed by atoms with Crippen LogP contribution in [0.5, 0.6) is 0 Å². The Labute approximate surface area is 173 Å². The molecule has 5 aromatic rings. The van der Waals surface area contributed by atoms with E-state index in [4.69, 9.17) is 0 Å². The van der Waals surface area contributed by atoms with Crippen molar-refractivity contribution >= 4 is 39.4 Å². The fourth-order valence-corrected chi connectivity index (χ4v) is 4.43. The van der Waals surface area contributed by atoms with Crippen LogP contribution in [0, 0.1) is 5.82 Å². The van der Waals surface area contributed by atoms with Crippen molar-refractivity contribution in [2.45, 2.75) is 0 Å². The first-order chi connectivity index (χ1) is 14.2. The molecule has 2 aromatic carbocycles. The van der Waals surface area contributed by atoms with E-state index >= 15 is 0 Å². The van der Waals surface area contributed by atoms with Gasteiger partial charge in [0.2, 0.25) is 0 Å². The number of halogens is 1. The molecule has 0 saturated carbocycles. The van der Waals surface area contributed by atoms with Gasteiger partial charge in [-0.1, -0.05) is 30.3 Å². The highest BCUT2D eigenvalue weighted by Gasteiger charge is 2.20. The number of hydrogen-bond acceptors (Lipinski definition) is 5. The van der Waals surface area contributed by atoms with Gasteiger partial charge in [-0.3, -0.25) is 9.20 Å². The summed E-state index contributed by atoms with van der Waals surface area (Å²) in [6, 6.07) is 15.8. The van der Waals surface area contributed by atoms with Crippen LogP contribution in [0.25, 0.3) is 27.5 Å². The van der Waals surface area contributed by atoms with Crippen LogP contribution in [0.15, 0.2) is 71.6 Å². The molecule has 1 N–H and O–H groups in total. The van der Waals surface area contributed by atoms with E-state index in [-0.39, 0.29) is 11.7 Å². The maximum atomic E-state index is 13.3. The standard InChI is InChI=1S/C21H13FN4OS2/c22-15-8-6-14(7-9-15)17-18(26-10-11-28-21(26)24-17)25-19(27)20-23-16(12-29-20)13-4-2-1-3-5-13/h1-12H,(H,25,27). The minimum absolute atomic E-state index is 0.312. The van der Waals surface area contributed by atoms with Gasteiger partial charge >= 0.3 is 0 Å². The second kappa shape index (κ2) is 7.23. The molecule has 3 aromatic heterocycles.